The van der Waals surface area contributed by atoms with E-state index in [0.29, 0.717) is 10.6 Å². The number of anilines is 1. The Bertz CT molecular complexity index is 573. The van der Waals surface area contributed by atoms with Crippen LogP contribution in [-0.2, 0) is 0 Å². The van der Waals surface area contributed by atoms with Crippen LogP contribution in [0.3, 0.4) is 0 Å². The van der Waals surface area contributed by atoms with E-state index in [1.165, 1.54) is 0 Å². The highest BCUT2D eigenvalue weighted by Gasteiger charge is 2.09. The fourth-order valence-corrected chi connectivity index (χ4v) is 2.02. The summed E-state index contributed by atoms with van der Waals surface area (Å²) in [6, 6.07) is 12.8. The molecule has 0 aliphatic heterocycles. The fraction of sp³-hybridized carbons (Fsp3) is 0.133. The Kier molecular flexibility index (Phi) is 3.68. The van der Waals surface area contributed by atoms with Gasteiger partial charge in [-0.25, -0.2) is 0 Å². The van der Waals surface area contributed by atoms with E-state index in [-0.39, 0.29) is 5.91 Å². The second-order valence-corrected chi connectivity index (χ2v) is 4.67. The van der Waals surface area contributed by atoms with Crippen LogP contribution in [0.4, 0.5) is 5.69 Å². The van der Waals surface area contributed by atoms with Gasteiger partial charge in [-0.3, -0.25) is 4.79 Å². The molecule has 0 heterocycles. The third kappa shape index (κ3) is 2.71. The van der Waals surface area contributed by atoms with Crippen molar-refractivity contribution in [2.45, 2.75) is 13.8 Å². The predicted molar refractivity (Wildman–Crippen MR) is 75.3 cm³/mol. The Labute approximate surface area is 112 Å². The zero-order valence-electron chi connectivity index (χ0n) is 10.3. The molecular formula is C15H14ClNO. The average Bonchev–Trinajstić information content (AvgIpc) is 2.34. The number of hydrogen-bond acceptors (Lipinski definition) is 1. The molecule has 0 spiro atoms. The zero-order chi connectivity index (χ0) is 13.1. The van der Waals surface area contributed by atoms with Crippen LogP contribution in [0.15, 0.2) is 42.5 Å². The number of carbonyl (C=O) groups is 1. The monoisotopic (exact) mass is 259 g/mol. The van der Waals surface area contributed by atoms with Crippen LogP contribution in [0.1, 0.15) is 21.5 Å². The van der Waals surface area contributed by atoms with E-state index in [1.54, 1.807) is 24.3 Å². The molecule has 0 saturated carbocycles. The minimum Gasteiger partial charge on any atom is -0.322 e. The van der Waals surface area contributed by atoms with Crippen LogP contribution in [0, 0.1) is 13.8 Å². The molecule has 92 valence electrons. The Morgan fingerprint density at radius 1 is 1.06 bits per heavy atom. The molecule has 2 nitrogen and oxygen atoms in total. The molecule has 0 saturated heterocycles. The molecule has 1 amide bonds. The second kappa shape index (κ2) is 5.23. The number of benzene rings is 2. The standard InChI is InChI=1S/C15H14ClNO/c1-10-5-3-6-11(2)14(10)17-15(18)12-7-4-8-13(16)9-12/h3-9H,1-2H3,(H,17,18). The molecule has 2 aromatic rings. The van der Waals surface area contributed by atoms with E-state index in [4.69, 9.17) is 11.6 Å². The van der Waals surface area contributed by atoms with E-state index in [0.717, 1.165) is 16.8 Å². The number of halogens is 1. The van der Waals surface area contributed by atoms with E-state index in [2.05, 4.69) is 5.32 Å². The van der Waals surface area contributed by atoms with Crippen molar-refractivity contribution in [2.75, 3.05) is 5.32 Å². The SMILES string of the molecule is Cc1cccc(C)c1NC(=O)c1cccc(Cl)c1. The highest BCUT2D eigenvalue weighted by atomic mass is 35.5. The molecule has 0 radical (unpaired) electrons. The molecule has 2 aromatic carbocycles. The molecule has 0 bridgehead atoms. The largest absolute Gasteiger partial charge is 0.322 e. The molecule has 0 fully saturated rings. The summed E-state index contributed by atoms with van der Waals surface area (Å²) in [6.45, 7) is 3.95. The van der Waals surface area contributed by atoms with Gasteiger partial charge in [0.15, 0.2) is 0 Å². The molecular weight excluding hydrogens is 246 g/mol. The van der Waals surface area contributed by atoms with Gasteiger partial charge in [-0.1, -0.05) is 35.9 Å². The molecule has 2 rings (SSSR count). The van der Waals surface area contributed by atoms with E-state index in [9.17, 15) is 4.79 Å². The van der Waals surface area contributed by atoms with E-state index >= 15 is 0 Å². The van der Waals surface area contributed by atoms with Crippen molar-refractivity contribution in [3.63, 3.8) is 0 Å². The molecule has 18 heavy (non-hydrogen) atoms. The van der Waals surface area contributed by atoms with Gasteiger partial charge in [0.25, 0.3) is 5.91 Å². The summed E-state index contributed by atoms with van der Waals surface area (Å²) < 4.78 is 0. The van der Waals surface area contributed by atoms with Crippen molar-refractivity contribution in [3.8, 4) is 0 Å². The van der Waals surface area contributed by atoms with Gasteiger partial charge in [0, 0.05) is 16.3 Å². The minimum absolute atomic E-state index is 0.144. The summed E-state index contributed by atoms with van der Waals surface area (Å²) in [6.07, 6.45) is 0. The molecule has 0 atom stereocenters. The van der Waals surface area contributed by atoms with Crippen molar-refractivity contribution in [2.24, 2.45) is 0 Å². The van der Waals surface area contributed by atoms with E-state index < -0.39 is 0 Å². The lowest BCUT2D eigenvalue weighted by molar-refractivity contribution is 0.102. The van der Waals surface area contributed by atoms with Crippen LogP contribution in [0.2, 0.25) is 5.02 Å². The summed E-state index contributed by atoms with van der Waals surface area (Å²) in [5.74, 6) is -0.144. The number of hydrogen-bond donors (Lipinski definition) is 1. The quantitative estimate of drug-likeness (QED) is 0.860. The van der Waals surface area contributed by atoms with Gasteiger partial charge >= 0.3 is 0 Å². The van der Waals surface area contributed by atoms with Crippen molar-refractivity contribution < 1.29 is 4.79 Å². The van der Waals surface area contributed by atoms with Crippen LogP contribution >= 0.6 is 11.6 Å². The normalized spacial score (nSPS) is 10.2. The lowest BCUT2D eigenvalue weighted by atomic mass is 10.1. The fourth-order valence-electron chi connectivity index (χ4n) is 1.83. The van der Waals surface area contributed by atoms with Crippen LogP contribution in [0.5, 0.6) is 0 Å². The first-order valence-electron chi connectivity index (χ1n) is 5.71. The van der Waals surface area contributed by atoms with Gasteiger partial charge in [0.05, 0.1) is 0 Å². The number of rotatable bonds is 2. The topological polar surface area (TPSA) is 29.1 Å². The molecule has 3 heteroatoms. The number of nitrogens with one attached hydrogen (secondary N) is 1. The Hall–Kier alpha value is -1.80. The maximum absolute atomic E-state index is 12.1. The Balaban J connectivity index is 2.27. The number of aryl methyl sites for hydroxylation is 2. The van der Waals surface area contributed by atoms with Crippen LogP contribution in [-0.4, -0.2) is 5.91 Å². The lowest BCUT2D eigenvalue weighted by Crippen LogP contribution is -2.13. The molecule has 1 N–H and O–H groups in total. The van der Waals surface area contributed by atoms with Gasteiger partial charge in [-0.05, 0) is 43.2 Å². The molecule has 0 aromatic heterocycles. The first-order chi connectivity index (χ1) is 8.58. The predicted octanol–water partition coefficient (Wildman–Crippen LogP) is 4.21. The molecule has 0 aliphatic carbocycles. The van der Waals surface area contributed by atoms with Crippen LogP contribution < -0.4 is 5.32 Å². The first-order valence-corrected chi connectivity index (χ1v) is 6.09. The maximum Gasteiger partial charge on any atom is 0.255 e. The molecule has 0 unspecified atom stereocenters. The first kappa shape index (κ1) is 12.7. The number of carbonyl (C=O) groups excluding carboxylic acids is 1. The molecule has 0 aliphatic rings. The smallest absolute Gasteiger partial charge is 0.255 e. The number of para-hydroxylation sites is 1. The van der Waals surface area contributed by atoms with Gasteiger partial charge in [0.1, 0.15) is 0 Å². The van der Waals surface area contributed by atoms with E-state index in [1.807, 2.05) is 32.0 Å². The third-order valence-corrected chi connectivity index (χ3v) is 3.04. The van der Waals surface area contributed by atoms with Crippen LogP contribution in [0.25, 0.3) is 0 Å². The highest BCUT2D eigenvalue weighted by Crippen LogP contribution is 2.20. The number of amides is 1. The Morgan fingerprint density at radius 3 is 2.28 bits per heavy atom. The lowest BCUT2D eigenvalue weighted by Gasteiger charge is -2.11. The van der Waals surface area contributed by atoms with Crippen molar-refractivity contribution in [1.82, 2.24) is 0 Å². The van der Waals surface area contributed by atoms with Gasteiger partial charge in [-0.15, -0.1) is 0 Å². The van der Waals surface area contributed by atoms with Gasteiger partial charge < -0.3 is 5.32 Å². The summed E-state index contributed by atoms with van der Waals surface area (Å²) in [5.41, 5.74) is 3.52. The summed E-state index contributed by atoms with van der Waals surface area (Å²) in [4.78, 5) is 12.1. The van der Waals surface area contributed by atoms with Crippen molar-refractivity contribution in [1.29, 1.82) is 0 Å². The Morgan fingerprint density at radius 2 is 1.67 bits per heavy atom. The third-order valence-electron chi connectivity index (χ3n) is 2.81. The average molecular weight is 260 g/mol. The van der Waals surface area contributed by atoms with Gasteiger partial charge in [0.2, 0.25) is 0 Å². The maximum atomic E-state index is 12.1. The minimum atomic E-state index is -0.144. The van der Waals surface area contributed by atoms with Crippen molar-refractivity contribution in [3.05, 3.63) is 64.2 Å². The van der Waals surface area contributed by atoms with Crippen molar-refractivity contribution >= 4 is 23.2 Å². The summed E-state index contributed by atoms with van der Waals surface area (Å²) in [5, 5.41) is 3.48. The van der Waals surface area contributed by atoms with Gasteiger partial charge in [-0.2, -0.15) is 0 Å². The highest BCUT2D eigenvalue weighted by molar-refractivity contribution is 6.31. The second-order valence-electron chi connectivity index (χ2n) is 4.23. The summed E-state index contributed by atoms with van der Waals surface area (Å²) in [7, 11) is 0. The summed E-state index contributed by atoms with van der Waals surface area (Å²) >= 11 is 5.87. The zero-order valence-corrected chi connectivity index (χ0v) is 11.1.